The number of hydrogen-bond donors (Lipinski definition) is 2. The summed E-state index contributed by atoms with van der Waals surface area (Å²) in [6.07, 6.45) is 9.44. The number of carbonyl (C=O) groups is 2. The van der Waals surface area contributed by atoms with Gasteiger partial charge in [-0.15, -0.1) is 11.8 Å². The summed E-state index contributed by atoms with van der Waals surface area (Å²) in [4.78, 5) is 23.0. The molecular weight excluding hydrogens is 296 g/mol. The maximum Gasteiger partial charge on any atom is 0.248 e. The van der Waals surface area contributed by atoms with Crippen LogP contribution in [-0.2, 0) is 4.79 Å². The number of carbonyl (C=O) groups excluding carboxylic acids is 2. The Balaban J connectivity index is 2.14. The average Bonchev–Trinajstić information content (AvgIpc) is 2.49. The molecule has 1 aliphatic rings. The molecule has 1 aromatic rings. The van der Waals surface area contributed by atoms with Gasteiger partial charge in [0.05, 0.1) is 0 Å². The van der Waals surface area contributed by atoms with E-state index in [1.54, 1.807) is 48.2 Å². The third-order valence-electron chi connectivity index (χ3n) is 2.96. The topological polar surface area (TPSA) is 86.2 Å². The lowest BCUT2D eigenvalue weighted by Gasteiger charge is -2.07. The van der Waals surface area contributed by atoms with Gasteiger partial charge in [-0.3, -0.25) is 9.59 Å². The maximum absolute atomic E-state index is 11.4. The molecule has 0 atom stereocenters. The van der Waals surface area contributed by atoms with E-state index in [0.29, 0.717) is 22.6 Å². The Hall–Kier alpha value is -2.53. The van der Waals surface area contributed by atoms with Crippen molar-refractivity contribution in [2.24, 2.45) is 11.5 Å². The molecule has 4 nitrogen and oxygen atoms in total. The molecule has 0 spiro atoms. The van der Waals surface area contributed by atoms with Gasteiger partial charge in [-0.25, -0.2) is 0 Å². The van der Waals surface area contributed by atoms with Gasteiger partial charge in [0, 0.05) is 27.5 Å². The Kier molecular flexibility index (Phi) is 5.38. The molecule has 1 aliphatic carbocycles. The zero-order valence-corrected chi connectivity index (χ0v) is 12.7. The van der Waals surface area contributed by atoms with Crippen LogP contribution in [0.1, 0.15) is 10.4 Å². The summed E-state index contributed by atoms with van der Waals surface area (Å²) in [5.74, 6) is 0.163. The van der Waals surface area contributed by atoms with Crippen molar-refractivity contribution in [2.45, 2.75) is 4.90 Å². The molecule has 4 N–H and O–H groups in total. The van der Waals surface area contributed by atoms with Crippen LogP contribution in [0.3, 0.4) is 0 Å². The van der Waals surface area contributed by atoms with E-state index in [1.165, 1.54) is 0 Å². The van der Waals surface area contributed by atoms with Crippen LogP contribution >= 0.6 is 11.8 Å². The molecule has 0 heterocycles. The van der Waals surface area contributed by atoms with Gasteiger partial charge in [0.15, 0.2) is 0 Å². The fourth-order valence-electron chi connectivity index (χ4n) is 1.86. The summed E-state index contributed by atoms with van der Waals surface area (Å²) in [7, 11) is 0. The Morgan fingerprint density at radius 3 is 2.55 bits per heavy atom. The molecule has 0 bridgehead atoms. The highest BCUT2D eigenvalue weighted by Gasteiger charge is 2.06. The first-order valence-corrected chi connectivity index (χ1v) is 7.61. The number of aldehydes is 1. The van der Waals surface area contributed by atoms with Crippen molar-refractivity contribution in [3.8, 4) is 0 Å². The minimum Gasteiger partial charge on any atom is -0.399 e. The molecule has 1 aromatic carbocycles. The number of benzene rings is 1. The van der Waals surface area contributed by atoms with Gasteiger partial charge in [-0.2, -0.15) is 0 Å². The third-order valence-corrected chi connectivity index (χ3v) is 4.05. The first-order chi connectivity index (χ1) is 10.6. The molecule has 0 saturated carbocycles. The van der Waals surface area contributed by atoms with E-state index >= 15 is 0 Å². The molecule has 0 radical (unpaired) electrons. The van der Waals surface area contributed by atoms with E-state index in [1.807, 2.05) is 18.2 Å². The van der Waals surface area contributed by atoms with E-state index in [0.717, 1.165) is 16.8 Å². The predicted molar refractivity (Wildman–Crippen MR) is 89.3 cm³/mol. The highest BCUT2D eigenvalue weighted by atomic mass is 32.2. The van der Waals surface area contributed by atoms with E-state index in [4.69, 9.17) is 11.5 Å². The number of rotatable bonds is 5. The van der Waals surface area contributed by atoms with E-state index < -0.39 is 5.91 Å². The SMILES string of the molecule is NC(=O)C1=C/C(CSc2ccc(C=O)cc2)=C\C(N)=C/C=C1. The number of primary amides is 1. The number of nitrogens with two attached hydrogens (primary N) is 2. The van der Waals surface area contributed by atoms with Crippen molar-refractivity contribution < 1.29 is 9.59 Å². The summed E-state index contributed by atoms with van der Waals surface area (Å²) in [6, 6.07) is 7.30. The monoisotopic (exact) mass is 312 g/mol. The first-order valence-electron chi connectivity index (χ1n) is 6.62. The summed E-state index contributed by atoms with van der Waals surface area (Å²) in [5.41, 5.74) is 13.8. The van der Waals surface area contributed by atoms with E-state index in [2.05, 4.69) is 0 Å². The zero-order chi connectivity index (χ0) is 15.9. The van der Waals surface area contributed by atoms with Crippen molar-refractivity contribution in [1.29, 1.82) is 0 Å². The van der Waals surface area contributed by atoms with Crippen LogP contribution in [0.25, 0.3) is 0 Å². The molecule has 0 aromatic heterocycles. The predicted octanol–water partition coefficient (Wildman–Crippen LogP) is 2.34. The van der Waals surface area contributed by atoms with Gasteiger partial charge < -0.3 is 11.5 Å². The molecule has 2 rings (SSSR count). The van der Waals surface area contributed by atoms with Gasteiger partial charge in [-0.1, -0.05) is 18.2 Å². The second-order valence-electron chi connectivity index (χ2n) is 4.68. The lowest BCUT2D eigenvalue weighted by Crippen LogP contribution is -2.13. The summed E-state index contributed by atoms with van der Waals surface area (Å²) in [5, 5.41) is 0. The Morgan fingerprint density at radius 2 is 1.91 bits per heavy atom. The quantitative estimate of drug-likeness (QED) is 0.645. The highest BCUT2D eigenvalue weighted by Crippen LogP contribution is 2.23. The minimum atomic E-state index is -0.476. The number of hydrogen-bond acceptors (Lipinski definition) is 4. The fraction of sp³-hybridized carbons (Fsp3) is 0.0588. The van der Waals surface area contributed by atoms with Crippen LogP contribution in [0.4, 0.5) is 0 Å². The molecule has 112 valence electrons. The van der Waals surface area contributed by atoms with Gasteiger partial charge >= 0.3 is 0 Å². The molecule has 0 saturated heterocycles. The minimum absolute atomic E-state index is 0.437. The number of allylic oxidation sites excluding steroid dienone is 4. The van der Waals surface area contributed by atoms with Crippen molar-refractivity contribution in [3.05, 3.63) is 77.1 Å². The Morgan fingerprint density at radius 1 is 1.18 bits per heavy atom. The molecule has 0 unspecified atom stereocenters. The first kappa shape index (κ1) is 15.9. The number of thioether (sulfide) groups is 1. The standard InChI is InChI=1S/C17H16N2O2S/c18-15-3-1-2-14(17(19)21)8-13(9-15)11-22-16-6-4-12(10-20)5-7-16/h1-10H,11,18H2,(H2,19,21)/b2-1?,3-1?,13-8?,13-9+,14-2?,14-8?,15-3+,15-9?. The number of amides is 1. The summed E-state index contributed by atoms with van der Waals surface area (Å²) in [6.45, 7) is 0. The lowest BCUT2D eigenvalue weighted by atomic mass is 10.1. The Bertz CT molecular complexity index is 698. The van der Waals surface area contributed by atoms with Crippen molar-refractivity contribution in [2.75, 3.05) is 5.75 Å². The average molecular weight is 312 g/mol. The zero-order valence-electron chi connectivity index (χ0n) is 11.9. The Labute approximate surface area is 133 Å². The van der Waals surface area contributed by atoms with Gasteiger partial charge in [0.2, 0.25) is 5.91 Å². The molecule has 5 heteroatoms. The van der Waals surface area contributed by atoms with Crippen LogP contribution in [-0.4, -0.2) is 17.9 Å². The largest absolute Gasteiger partial charge is 0.399 e. The van der Waals surface area contributed by atoms with Crippen LogP contribution < -0.4 is 11.5 Å². The second-order valence-corrected chi connectivity index (χ2v) is 5.73. The normalized spacial score (nSPS) is 19.0. The fourth-order valence-corrected chi connectivity index (χ4v) is 2.69. The van der Waals surface area contributed by atoms with Gasteiger partial charge in [0.1, 0.15) is 6.29 Å². The van der Waals surface area contributed by atoms with Crippen LogP contribution in [0.15, 0.2) is 76.4 Å². The molecule has 0 aliphatic heterocycles. The van der Waals surface area contributed by atoms with Crippen molar-refractivity contribution >= 4 is 24.0 Å². The highest BCUT2D eigenvalue weighted by molar-refractivity contribution is 7.99. The molecule has 0 fully saturated rings. The van der Waals surface area contributed by atoms with Crippen molar-refractivity contribution in [3.63, 3.8) is 0 Å². The van der Waals surface area contributed by atoms with Gasteiger partial charge in [-0.05, 0) is 42.0 Å². The van der Waals surface area contributed by atoms with Crippen LogP contribution in [0.2, 0.25) is 0 Å². The summed E-state index contributed by atoms with van der Waals surface area (Å²) < 4.78 is 0. The lowest BCUT2D eigenvalue weighted by molar-refractivity contribution is -0.114. The maximum atomic E-state index is 11.4. The van der Waals surface area contributed by atoms with Crippen molar-refractivity contribution in [1.82, 2.24) is 0 Å². The van der Waals surface area contributed by atoms with Crippen LogP contribution in [0, 0.1) is 0 Å². The van der Waals surface area contributed by atoms with E-state index in [-0.39, 0.29) is 0 Å². The molecular formula is C17H16N2O2S. The third kappa shape index (κ3) is 4.49. The van der Waals surface area contributed by atoms with Gasteiger partial charge in [0.25, 0.3) is 0 Å². The molecule has 22 heavy (non-hydrogen) atoms. The smallest absolute Gasteiger partial charge is 0.248 e. The summed E-state index contributed by atoms with van der Waals surface area (Å²) >= 11 is 1.59. The van der Waals surface area contributed by atoms with Crippen LogP contribution in [0.5, 0.6) is 0 Å². The van der Waals surface area contributed by atoms with E-state index in [9.17, 15) is 9.59 Å². The molecule has 1 amide bonds. The second kappa shape index (κ2) is 7.47.